The SMILES string of the molecule is COc1ncc(C(F)(F)F)n2c(N3CCCC(C)(C)C3)nnc12. The van der Waals surface area contributed by atoms with Crippen LogP contribution in [0.3, 0.4) is 0 Å². The molecule has 23 heavy (non-hydrogen) atoms. The lowest BCUT2D eigenvalue weighted by Gasteiger charge is -2.38. The smallest absolute Gasteiger partial charge is 0.433 e. The number of nitrogens with zero attached hydrogens (tertiary/aromatic N) is 5. The van der Waals surface area contributed by atoms with Crippen molar-refractivity contribution in [2.45, 2.75) is 32.9 Å². The maximum atomic E-state index is 13.4. The van der Waals surface area contributed by atoms with Crippen LogP contribution in [0.15, 0.2) is 6.20 Å². The van der Waals surface area contributed by atoms with Crippen molar-refractivity contribution in [3.8, 4) is 5.88 Å². The molecule has 3 rings (SSSR count). The molecule has 1 saturated heterocycles. The molecule has 0 saturated carbocycles. The summed E-state index contributed by atoms with van der Waals surface area (Å²) in [6.45, 7) is 5.45. The topological polar surface area (TPSA) is 55.6 Å². The molecule has 0 unspecified atom stereocenters. The van der Waals surface area contributed by atoms with Gasteiger partial charge in [-0.15, -0.1) is 10.2 Å². The van der Waals surface area contributed by atoms with Crippen LogP contribution in [0.1, 0.15) is 32.4 Å². The van der Waals surface area contributed by atoms with Crippen molar-refractivity contribution >= 4 is 11.6 Å². The van der Waals surface area contributed by atoms with E-state index in [0.717, 1.165) is 23.4 Å². The lowest BCUT2D eigenvalue weighted by atomic mass is 9.84. The Morgan fingerprint density at radius 1 is 1.26 bits per heavy atom. The molecule has 0 spiro atoms. The second kappa shape index (κ2) is 5.24. The molecule has 0 amide bonds. The van der Waals surface area contributed by atoms with E-state index < -0.39 is 11.9 Å². The van der Waals surface area contributed by atoms with E-state index in [1.807, 2.05) is 4.90 Å². The zero-order valence-corrected chi connectivity index (χ0v) is 13.2. The Hall–Kier alpha value is -2.06. The Morgan fingerprint density at radius 2 is 2.00 bits per heavy atom. The predicted octanol–water partition coefficient (Wildman–Crippen LogP) is 2.78. The predicted molar refractivity (Wildman–Crippen MR) is 77.6 cm³/mol. The Morgan fingerprint density at radius 3 is 2.61 bits per heavy atom. The number of piperidine rings is 1. The Labute approximate surface area is 131 Å². The zero-order valence-electron chi connectivity index (χ0n) is 13.2. The molecule has 1 fully saturated rings. The summed E-state index contributed by atoms with van der Waals surface area (Å²) >= 11 is 0. The van der Waals surface area contributed by atoms with Crippen LogP contribution in [0, 0.1) is 5.41 Å². The van der Waals surface area contributed by atoms with Gasteiger partial charge in [0.05, 0.1) is 13.3 Å². The quantitative estimate of drug-likeness (QED) is 0.848. The van der Waals surface area contributed by atoms with Gasteiger partial charge < -0.3 is 9.64 Å². The van der Waals surface area contributed by atoms with Crippen molar-refractivity contribution < 1.29 is 17.9 Å². The average molecular weight is 329 g/mol. The summed E-state index contributed by atoms with van der Waals surface area (Å²) in [7, 11) is 1.34. The maximum absolute atomic E-state index is 13.4. The summed E-state index contributed by atoms with van der Waals surface area (Å²) in [5, 5.41) is 7.86. The first-order chi connectivity index (χ1) is 10.7. The van der Waals surface area contributed by atoms with E-state index in [-0.39, 0.29) is 22.9 Å². The molecule has 2 aromatic heterocycles. The van der Waals surface area contributed by atoms with Crippen LogP contribution in [0.2, 0.25) is 0 Å². The Balaban J connectivity index is 2.18. The lowest BCUT2D eigenvalue weighted by Crippen LogP contribution is -2.41. The number of fused-ring (bicyclic) bond motifs is 1. The van der Waals surface area contributed by atoms with E-state index in [2.05, 4.69) is 29.0 Å². The normalized spacial score (nSPS) is 18.4. The molecule has 9 heteroatoms. The van der Waals surface area contributed by atoms with E-state index >= 15 is 0 Å². The lowest BCUT2D eigenvalue weighted by molar-refractivity contribution is -0.142. The summed E-state index contributed by atoms with van der Waals surface area (Å²) in [5.74, 6) is 0.203. The Bertz CT molecular complexity index is 725. The van der Waals surface area contributed by atoms with Gasteiger partial charge in [-0.05, 0) is 18.3 Å². The van der Waals surface area contributed by atoms with Crippen LogP contribution in [-0.2, 0) is 6.18 Å². The van der Waals surface area contributed by atoms with Crippen LogP contribution < -0.4 is 9.64 Å². The number of hydrogen-bond donors (Lipinski definition) is 0. The highest BCUT2D eigenvalue weighted by Gasteiger charge is 2.38. The number of aromatic nitrogens is 4. The van der Waals surface area contributed by atoms with Gasteiger partial charge in [0.25, 0.3) is 5.88 Å². The third-order valence-corrected chi connectivity index (χ3v) is 4.05. The molecule has 0 aliphatic carbocycles. The van der Waals surface area contributed by atoms with Crippen molar-refractivity contribution in [3.63, 3.8) is 0 Å². The number of methoxy groups -OCH3 is 1. The average Bonchev–Trinajstić information content (AvgIpc) is 2.88. The number of ether oxygens (including phenoxy) is 1. The summed E-state index contributed by atoms with van der Waals surface area (Å²) in [6.07, 6.45) is -1.88. The minimum absolute atomic E-state index is 0.0135. The highest BCUT2D eigenvalue weighted by molar-refractivity contribution is 5.55. The third kappa shape index (κ3) is 2.79. The molecule has 0 atom stereocenters. The number of anilines is 1. The van der Waals surface area contributed by atoms with Gasteiger partial charge in [-0.25, -0.2) is 4.98 Å². The van der Waals surface area contributed by atoms with Crippen molar-refractivity contribution in [2.75, 3.05) is 25.1 Å². The van der Waals surface area contributed by atoms with Crippen LogP contribution in [0.5, 0.6) is 5.88 Å². The fourth-order valence-corrected chi connectivity index (χ4v) is 3.01. The van der Waals surface area contributed by atoms with Gasteiger partial charge in [-0.2, -0.15) is 13.2 Å². The molecule has 126 valence electrons. The van der Waals surface area contributed by atoms with E-state index in [0.29, 0.717) is 13.1 Å². The summed E-state index contributed by atoms with van der Waals surface area (Å²) in [5.41, 5.74) is -0.919. The number of halogens is 3. The molecule has 6 nitrogen and oxygen atoms in total. The number of alkyl halides is 3. The van der Waals surface area contributed by atoms with Crippen molar-refractivity contribution in [1.82, 2.24) is 19.6 Å². The molecule has 0 bridgehead atoms. The molecule has 0 N–H and O–H groups in total. The van der Waals surface area contributed by atoms with Gasteiger partial charge >= 0.3 is 6.18 Å². The van der Waals surface area contributed by atoms with Crippen LogP contribution in [-0.4, -0.2) is 39.8 Å². The van der Waals surface area contributed by atoms with E-state index in [4.69, 9.17) is 4.74 Å². The van der Waals surface area contributed by atoms with Gasteiger partial charge in [0.15, 0.2) is 5.69 Å². The first-order valence-electron chi connectivity index (χ1n) is 7.33. The second-order valence-electron chi connectivity index (χ2n) is 6.50. The molecule has 3 heterocycles. The fourth-order valence-electron chi connectivity index (χ4n) is 3.01. The summed E-state index contributed by atoms with van der Waals surface area (Å²) < 4.78 is 46.1. The van der Waals surface area contributed by atoms with Gasteiger partial charge in [-0.3, -0.25) is 4.40 Å². The summed E-state index contributed by atoms with van der Waals surface area (Å²) in [4.78, 5) is 5.54. The highest BCUT2D eigenvalue weighted by Crippen LogP contribution is 2.36. The van der Waals surface area contributed by atoms with Crippen molar-refractivity contribution in [1.29, 1.82) is 0 Å². The molecule has 0 aromatic carbocycles. The number of rotatable bonds is 2. The van der Waals surface area contributed by atoms with Gasteiger partial charge in [-0.1, -0.05) is 13.8 Å². The van der Waals surface area contributed by atoms with Crippen LogP contribution in [0.4, 0.5) is 19.1 Å². The van der Waals surface area contributed by atoms with Crippen LogP contribution in [0.25, 0.3) is 5.65 Å². The zero-order chi connectivity index (χ0) is 16.8. The maximum Gasteiger partial charge on any atom is 0.433 e. The Kier molecular flexibility index (Phi) is 3.61. The van der Waals surface area contributed by atoms with Crippen molar-refractivity contribution in [3.05, 3.63) is 11.9 Å². The fraction of sp³-hybridized carbons (Fsp3) is 0.643. The minimum atomic E-state index is -4.56. The molecule has 0 radical (unpaired) electrons. The third-order valence-electron chi connectivity index (χ3n) is 4.05. The first kappa shape index (κ1) is 15.8. The van der Waals surface area contributed by atoms with E-state index in [9.17, 15) is 13.2 Å². The molecular weight excluding hydrogens is 311 g/mol. The standard InChI is InChI=1S/C14H18F3N5O/c1-13(2)5-4-6-21(8-13)12-20-19-10-11(23-3)18-7-9(22(10)12)14(15,16)17/h7H,4-6,8H2,1-3H3. The van der Waals surface area contributed by atoms with Crippen molar-refractivity contribution in [2.24, 2.45) is 5.41 Å². The minimum Gasteiger partial charge on any atom is -0.478 e. The second-order valence-corrected chi connectivity index (χ2v) is 6.50. The van der Waals surface area contributed by atoms with Gasteiger partial charge in [0.1, 0.15) is 0 Å². The monoisotopic (exact) mass is 329 g/mol. The largest absolute Gasteiger partial charge is 0.478 e. The molecule has 2 aromatic rings. The van der Waals surface area contributed by atoms with Gasteiger partial charge in [0, 0.05) is 13.1 Å². The number of hydrogen-bond acceptors (Lipinski definition) is 5. The van der Waals surface area contributed by atoms with Gasteiger partial charge in [0.2, 0.25) is 11.6 Å². The first-order valence-corrected chi connectivity index (χ1v) is 7.33. The summed E-state index contributed by atoms with van der Waals surface area (Å²) in [6, 6.07) is 0. The molecule has 1 aliphatic rings. The molecular formula is C14H18F3N5O. The molecule has 1 aliphatic heterocycles. The van der Waals surface area contributed by atoms with E-state index in [1.54, 1.807) is 0 Å². The van der Waals surface area contributed by atoms with Crippen LogP contribution >= 0.6 is 0 Å². The van der Waals surface area contributed by atoms with E-state index in [1.165, 1.54) is 7.11 Å². The highest BCUT2D eigenvalue weighted by atomic mass is 19.4.